The highest BCUT2D eigenvalue weighted by atomic mass is 16.4. The fraction of sp³-hybridized carbons (Fsp3) is 0.533. The summed E-state index contributed by atoms with van der Waals surface area (Å²) in [5.74, 6) is -2.80. The Bertz CT molecular complexity index is 550. The number of nitrogens with one attached hydrogen (secondary N) is 1. The van der Waals surface area contributed by atoms with E-state index in [1.54, 1.807) is 6.92 Å². The van der Waals surface area contributed by atoms with Gasteiger partial charge in [0.2, 0.25) is 11.8 Å². The van der Waals surface area contributed by atoms with Gasteiger partial charge < -0.3 is 16.2 Å². The number of carboxylic acid groups (broad SMARTS) is 1. The standard InChI is InChI=1S/C15H20N2O4/c1-3-10(7(2)15(20)21)17-14(19)12-9-5-4-8(6-9)11(12)13(16)18/h4-5,8-9,11-12H,3,6H2,1-2H3,(H2,16,18)(H,17,19)(H,20,21). The molecule has 1 saturated carbocycles. The van der Waals surface area contributed by atoms with Crippen LogP contribution in [0.2, 0.25) is 0 Å². The van der Waals surface area contributed by atoms with Crippen LogP contribution in [0.5, 0.6) is 0 Å². The minimum atomic E-state index is -1.06. The quantitative estimate of drug-likeness (QED) is 0.514. The van der Waals surface area contributed by atoms with Gasteiger partial charge in [0.15, 0.2) is 0 Å². The van der Waals surface area contributed by atoms with Gasteiger partial charge in [0.05, 0.1) is 17.4 Å². The Labute approximate surface area is 123 Å². The van der Waals surface area contributed by atoms with E-state index in [1.807, 2.05) is 12.2 Å². The van der Waals surface area contributed by atoms with Crippen molar-refractivity contribution in [2.75, 3.05) is 0 Å². The first-order valence-corrected chi connectivity index (χ1v) is 7.08. The predicted octanol–water partition coefficient (Wildman–Crippen LogP) is 0.795. The second kappa shape index (κ2) is 5.71. The Balaban J connectivity index is 2.20. The summed E-state index contributed by atoms with van der Waals surface area (Å²) in [4.78, 5) is 35.1. The molecule has 0 heterocycles. The molecule has 6 heteroatoms. The van der Waals surface area contributed by atoms with Crippen molar-refractivity contribution in [2.24, 2.45) is 29.4 Å². The van der Waals surface area contributed by atoms with E-state index in [9.17, 15) is 14.4 Å². The third kappa shape index (κ3) is 2.70. The average molecular weight is 292 g/mol. The van der Waals surface area contributed by atoms with Crippen molar-refractivity contribution in [3.63, 3.8) is 0 Å². The van der Waals surface area contributed by atoms with Gasteiger partial charge in [-0.3, -0.25) is 9.59 Å². The summed E-state index contributed by atoms with van der Waals surface area (Å²) >= 11 is 0. The minimum absolute atomic E-state index is 0.00994. The Hall–Kier alpha value is -2.11. The van der Waals surface area contributed by atoms with Crippen LogP contribution in [0.4, 0.5) is 0 Å². The smallest absolute Gasteiger partial charge is 0.333 e. The molecule has 0 aromatic rings. The summed E-state index contributed by atoms with van der Waals surface area (Å²) in [5.41, 5.74) is 5.91. The monoisotopic (exact) mass is 292 g/mol. The largest absolute Gasteiger partial charge is 0.478 e. The van der Waals surface area contributed by atoms with Gasteiger partial charge in [0, 0.05) is 5.70 Å². The Morgan fingerprint density at radius 1 is 1.24 bits per heavy atom. The van der Waals surface area contributed by atoms with Gasteiger partial charge in [0.1, 0.15) is 0 Å². The molecule has 2 aliphatic carbocycles. The number of nitrogens with two attached hydrogens (primary N) is 1. The van der Waals surface area contributed by atoms with Gasteiger partial charge in [-0.15, -0.1) is 0 Å². The molecule has 0 aromatic carbocycles. The lowest BCUT2D eigenvalue weighted by Gasteiger charge is -2.25. The van der Waals surface area contributed by atoms with Crippen molar-refractivity contribution in [3.8, 4) is 0 Å². The van der Waals surface area contributed by atoms with Crippen molar-refractivity contribution in [2.45, 2.75) is 26.7 Å². The Morgan fingerprint density at radius 2 is 1.81 bits per heavy atom. The van der Waals surface area contributed by atoms with Crippen molar-refractivity contribution >= 4 is 17.8 Å². The van der Waals surface area contributed by atoms with Crippen molar-refractivity contribution in [1.29, 1.82) is 0 Å². The van der Waals surface area contributed by atoms with Crippen LogP contribution < -0.4 is 11.1 Å². The summed E-state index contributed by atoms with van der Waals surface area (Å²) in [6.45, 7) is 3.22. The molecular formula is C15H20N2O4. The fourth-order valence-corrected chi connectivity index (χ4v) is 3.38. The number of aliphatic carboxylic acids is 1. The van der Waals surface area contributed by atoms with E-state index >= 15 is 0 Å². The number of amides is 2. The molecule has 0 radical (unpaired) electrons. The first-order valence-electron chi connectivity index (χ1n) is 7.08. The molecular weight excluding hydrogens is 272 g/mol. The molecule has 4 unspecified atom stereocenters. The molecule has 0 aromatic heterocycles. The number of rotatable bonds is 5. The Kier molecular flexibility index (Phi) is 4.16. The summed E-state index contributed by atoms with van der Waals surface area (Å²) in [6.07, 6.45) is 5.06. The number of carbonyl (C=O) groups is 3. The molecule has 0 aliphatic heterocycles. The van der Waals surface area contributed by atoms with E-state index < -0.39 is 23.7 Å². The molecule has 21 heavy (non-hydrogen) atoms. The van der Waals surface area contributed by atoms with Crippen LogP contribution in [-0.4, -0.2) is 22.9 Å². The molecule has 114 valence electrons. The van der Waals surface area contributed by atoms with Crippen molar-refractivity contribution < 1.29 is 19.5 Å². The molecule has 2 amide bonds. The van der Waals surface area contributed by atoms with Gasteiger partial charge in [-0.1, -0.05) is 19.1 Å². The number of primary amides is 1. The zero-order valence-electron chi connectivity index (χ0n) is 12.1. The maximum atomic E-state index is 12.5. The maximum absolute atomic E-state index is 12.5. The number of hydrogen-bond acceptors (Lipinski definition) is 3. The molecule has 0 spiro atoms. The van der Waals surface area contributed by atoms with Crippen LogP contribution >= 0.6 is 0 Å². The van der Waals surface area contributed by atoms with Crippen LogP contribution in [-0.2, 0) is 14.4 Å². The first-order chi connectivity index (χ1) is 9.86. The number of hydrogen-bond donors (Lipinski definition) is 3. The van der Waals surface area contributed by atoms with Gasteiger partial charge in [-0.05, 0) is 31.6 Å². The lowest BCUT2D eigenvalue weighted by molar-refractivity contribution is -0.133. The molecule has 4 atom stereocenters. The normalized spacial score (nSPS) is 31.0. The molecule has 2 aliphatic rings. The highest BCUT2D eigenvalue weighted by Crippen LogP contribution is 2.48. The van der Waals surface area contributed by atoms with E-state index in [1.165, 1.54) is 6.92 Å². The molecule has 1 fully saturated rings. The third-order valence-corrected chi connectivity index (χ3v) is 4.49. The number of carbonyl (C=O) groups excluding carboxylic acids is 2. The van der Waals surface area contributed by atoms with Gasteiger partial charge >= 0.3 is 5.97 Å². The second-order valence-electron chi connectivity index (χ2n) is 5.65. The lowest BCUT2D eigenvalue weighted by atomic mass is 9.82. The third-order valence-electron chi connectivity index (χ3n) is 4.49. The molecule has 4 N–H and O–H groups in total. The number of fused-ring (bicyclic) bond motifs is 2. The summed E-state index contributed by atoms with van der Waals surface area (Å²) < 4.78 is 0. The highest BCUT2D eigenvalue weighted by Gasteiger charge is 2.50. The fourth-order valence-electron chi connectivity index (χ4n) is 3.38. The van der Waals surface area contributed by atoms with Crippen molar-refractivity contribution in [1.82, 2.24) is 5.32 Å². The van der Waals surface area contributed by atoms with Gasteiger partial charge in [-0.25, -0.2) is 4.79 Å². The number of carboxylic acids is 1. The zero-order chi connectivity index (χ0) is 15.7. The maximum Gasteiger partial charge on any atom is 0.333 e. The molecule has 2 bridgehead atoms. The van der Waals surface area contributed by atoms with E-state index in [0.29, 0.717) is 12.1 Å². The predicted molar refractivity (Wildman–Crippen MR) is 75.7 cm³/mol. The SMILES string of the molecule is CCC(NC(=O)C1C2C=CC(C2)C1C(N)=O)=C(C)C(=O)O. The van der Waals surface area contributed by atoms with E-state index in [-0.39, 0.29) is 23.3 Å². The van der Waals surface area contributed by atoms with E-state index in [4.69, 9.17) is 10.8 Å². The Morgan fingerprint density at radius 3 is 2.29 bits per heavy atom. The molecule has 2 rings (SSSR count). The van der Waals surface area contributed by atoms with Crippen LogP contribution in [0, 0.1) is 23.7 Å². The molecule has 0 saturated heterocycles. The summed E-state index contributed by atoms with van der Waals surface area (Å²) in [5, 5.41) is 11.7. The van der Waals surface area contributed by atoms with E-state index in [0.717, 1.165) is 6.42 Å². The van der Waals surface area contributed by atoms with E-state index in [2.05, 4.69) is 5.32 Å². The topological polar surface area (TPSA) is 109 Å². The zero-order valence-corrected chi connectivity index (χ0v) is 12.1. The summed E-state index contributed by atoms with van der Waals surface area (Å²) in [6, 6.07) is 0. The summed E-state index contributed by atoms with van der Waals surface area (Å²) in [7, 11) is 0. The van der Waals surface area contributed by atoms with Crippen LogP contribution in [0.15, 0.2) is 23.4 Å². The lowest BCUT2D eigenvalue weighted by Crippen LogP contribution is -2.42. The van der Waals surface area contributed by atoms with Gasteiger partial charge in [-0.2, -0.15) is 0 Å². The average Bonchev–Trinajstić information content (AvgIpc) is 3.03. The van der Waals surface area contributed by atoms with Crippen LogP contribution in [0.1, 0.15) is 26.7 Å². The number of allylic oxidation sites excluding steroid dienone is 3. The van der Waals surface area contributed by atoms with Crippen LogP contribution in [0.25, 0.3) is 0 Å². The van der Waals surface area contributed by atoms with Gasteiger partial charge in [0.25, 0.3) is 0 Å². The van der Waals surface area contributed by atoms with Crippen LogP contribution in [0.3, 0.4) is 0 Å². The second-order valence-corrected chi connectivity index (χ2v) is 5.65. The van der Waals surface area contributed by atoms with Crippen molar-refractivity contribution in [3.05, 3.63) is 23.4 Å². The minimum Gasteiger partial charge on any atom is -0.478 e. The first kappa shape index (κ1) is 15.3. The molecule has 6 nitrogen and oxygen atoms in total. The highest BCUT2D eigenvalue weighted by molar-refractivity contribution is 5.92.